The quantitative estimate of drug-likeness (QED) is 0.398. The average molecular weight is 380 g/mol. The lowest BCUT2D eigenvalue weighted by Gasteiger charge is -2.40. The molecule has 0 fully saturated rings. The molecule has 0 saturated carbocycles. The molecule has 4 rings (SSSR count). The molecule has 1 aliphatic heterocycles. The van der Waals surface area contributed by atoms with Crippen molar-refractivity contribution in [2.75, 3.05) is 0 Å². The number of phenolic OH excluding ortho intramolecular Hbond substituents is 4. The van der Waals surface area contributed by atoms with Crippen molar-refractivity contribution in [2.45, 2.75) is 12.0 Å². The molecule has 0 saturated heterocycles. The van der Waals surface area contributed by atoms with Gasteiger partial charge in [0.15, 0.2) is 17.1 Å². The molecule has 0 amide bonds. The van der Waals surface area contributed by atoms with E-state index in [1.165, 1.54) is 24.3 Å². The van der Waals surface area contributed by atoms with E-state index in [-0.39, 0.29) is 40.7 Å². The summed E-state index contributed by atoms with van der Waals surface area (Å²) in [5.74, 6) is -0.432. The van der Waals surface area contributed by atoms with Crippen molar-refractivity contribution >= 4 is 17.1 Å². The van der Waals surface area contributed by atoms with E-state index in [0.29, 0.717) is 16.0 Å². The first kappa shape index (κ1) is 17.2. The van der Waals surface area contributed by atoms with Gasteiger partial charge in [-0.15, -0.1) is 0 Å². The second-order valence-corrected chi connectivity index (χ2v) is 6.90. The zero-order chi connectivity index (χ0) is 19.2. The predicted molar refractivity (Wildman–Crippen MR) is 104 cm³/mol. The minimum atomic E-state index is -1.23. The van der Waals surface area contributed by atoms with Crippen LogP contribution in [-0.2, 0) is 5.60 Å². The maximum Gasteiger partial charge on any atom is 0.174 e. The van der Waals surface area contributed by atoms with Gasteiger partial charge in [0.1, 0.15) is 17.2 Å². The Kier molecular flexibility index (Phi) is 3.93. The highest BCUT2D eigenvalue weighted by atomic mass is 32.1. The van der Waals surface area contributed by atoms with E-state index in [4.69, 9.17) is 17.0 Å². The number of ether oxygens (including phenoxy) is 1. The summed E-state index contributed by atoms with van der Waals surface area (Å²) in [4.78, 5) is 0.390. The lowest BCUT2D eigenvalue weighted by Crippen LogP contribution is -2.40. The summed E-state index contributed by atoms with van der Waals surface area (Å²) in [6.07, 6.45) is 0.161. The van der Waals surface area contributed by atoms with Crippen LogP contribution in [0.4, 0.5) is 0 Å². The highest BCUT2D eigenvalue weighted by Crippen LogP contribution is 2.51. The number of hydrogen-bond acceptors (Lipinski definition) is 6. The van der Waals surface area contributed by atoms with Gasteiger partial charge in [0, 0.05) is 28.5 Å². The molecule has 1 aliphatic rings. The third kappa shape index (κ3) is 2.65. The van der Waals surface area contributed by atoms with Gasteiger partial charge in [-0.25, -0.2) is 0 Å². The maximum absolute atomic E-state index is 10.5. The van der Waals surface area contributed by atoms with E-state index in [9.17, 15) is 20.4 Å². The Morgan fingerprint density at radius 1 is 0.815 bits per heavy atom. The molecule has 0 radical (unpaired) electrons. The second kappa shape index (κ2) is 6.17. The van der Waals surface area contributed by atoms with Crippen molar-refractivity contribution in [3.8, 4) is 28.7 Å². The van der Waals surface area contributed by atoms with E-state index in [2.05, 4.69) is 0 Å². The van der Waals surface area contributed by atoms with Crippen molar-refractivity contribution in [2.24, 2.45) is 0 Å². The summed E-state index contributed by atoms with van der Waals surface area (Å²) in [6.45, 7) is 0. The summed E-state index contributed by atoms with van der Waals surface area (Å²) in [6, 6.07) is 16.1. The van der Waals surface area contributed by atoms with Crippen molar-refractivity contribution in [1.29, 1.82) is 0 Å². The first-order valence-corrected chi connectivity index (χ1v) is 8.68. The molecule has 3 aromatic carbocycles. The molecule has 0 aliphatic carbocycles. The Morgan fingerprint density at radius 3 is 2.22 bits per heavy atom. The average Bonchev–Trinajstić information content (AvgIpc) is 2.65. The van der Waals surface area contributed by atoms with Gasteiger partial charge in [-0.3, -0.25) is 0 Å². The van der Waals surface area contributed by atoms with Crippen LogP contribution in [-0.4, -0.2) is 25.3 Å². The fourth-order valence-electron chi connectivity index (χ4n) is 3.49. The van der Waals surface area contributed by atoms with Gasteiger partial charge < -0.3 is 25.2 Å². The van der Waals surface area contributed by atoms with E-state index >= 15 is 0 Å². The number of benzene rings is 3. The molecule has 136 valence electrons. The molecule has 6 heteroatoms. The van der Waals surface area contributed by atoms with Crippen LogP contribution in [0.25, 0.3) is 0 Å². The third-order valence-electron chi connectivity index (χ3n) is 4.74. The zero-order valence-corrected chi connectivity index (χ0v) is 14.9. The van der Waals surface area contributed by atoms with Gasteiger partial charge in [-0.1, -0.05) is 42.5 Å². The van der Waals surface area contributed by atoms with Crippen molar-refractivity contribution in [1.82, 2.24) is 0 Å². The summed E-state index contributed by atoms with van der Waals surface area (Å²) in [5, 5.41) is 40.7. The monoisotopic (exact) mass is 380 g/mol. The zero-order valence-electron chi connectivity index (χ0n) is 14.1. The molecule has 1 atom stereocenters. The Balaban J connectivity index is 2.01. The van der Waals surface area contributed by atoms with E-state index < -0.39 is 5.60 Å². The normalized spacial score (nSPS) is 18.6. The highest BCUT2D eigenvalue weighted by Gasteiger charge is 2.45. The van der Waals surface area contributed by atoms with Gasteiger partial charge in [0.25, 0.3) is 0 Å². The van der Waals surface area contributed by atoms with Gasteiger partial charge >= 0.3 is 0 Å². The second-order valence-electron chi connectivity index (χ2n) is 6.40. The SMILES string of the molecule is Oc1ccc(C2(c3ccccc3)CC(=S)c3c(O)ccc(O)c3O2)c(O)c1. The molecule has 4 N–H and O–H groups in total. The Hall–Kier alpha value is -3.25. The molecule has 0 aromatic heterocycles. The molecule has 27 heavy (non-hydrogen) atoms. The molecule has 3 aromatic rings. The molecule has 1 heterocycles. The summed E-state index contributed by atoms with van der Waals surface area (Å²) >= 11 is 5.54. The third-order valence-corrected chi connectivity index (χ3v) is 5.08. The molecular weight excluding hydrogens is 364 g/mol. The van der Waals surface area contributed by atoms with E-state index in [1.54, 1.807) is 6.07 Å². The van der Waals surface area contributed by atoms with Gasteiger partial charge in [-0.05, 0) is 24.3 Å². The molecule has 1 unspecified atom stereocenters. The lowest BCUT2D eigenvalue weighted by molar-refractivity contribution is 0.105. The summed E-state index contributed by atoms with van der Waals surface area (Å²) in [5.41, 5.74) is 0.146. The Morgan fingerprint density at radius 2 is 1.52 bits per heavy atom. The number of thiocarbonyl (C=S) groups is 1. The molecule has 0 spiro atoms. The van der Waals surface area contributed by atoms with Crippen LogP contribution in [0.1, 0.15) is 23.1 Å². The van der Waals surface area contributed by atoms with Crippen LogP contribution in [0.2, 0.25) is 0 Å². The van der Waals surface area contributed by atoms with Crippen LogP contribution < -0.4 is 4.74 Å². The van der Waals surface area contributed by atoms with Gasteiger partial charge in [-0.2, -0.15) is 0 Å². The van der Waals surface area contributed by atoms with Crippen LogP contribution in [0.5, 0.6) is 28.7 Å². The molecular formula is C21H16O5S. The van der Waals surface area contributed by atoms with Crippen molar-refractivity contribution < 1.29 is 25.2 Å². The van der Waals surface area contributed by atoms with Crippen molar-refractivity contribution in [3.05, 3.63) is 77.4 Å². The number of hydrogen-bond donors (Lipinski definition) is 4. The maximum atomic E-state index is 10.5. The topological polar surface area (TPSA) is 90.2 Å². The fourth-order valence-corrected chi connectivity index (χ4v) is 3.90. The van der Waals surface area contributed by atoms with Crippen LogP contribution in [0.3, 0.4) is 0 Å². The number of rotatable bonds is 2. The first-order chi connectivity index (χ1) is 12.9. The minimum absolute atomic E-state index is 0.0579. The number of aromatic hydroxyl groups is 4. The van der Waals surface area contributed by atoms with Gasteiger partial charge in [0.05, 0.1) is 5.56 Å². The smallest absolute Gasteiger partial charge is 0.174 e. The van der Waals surface area contributed by atoms with Crippen LogP contribution in [0, 0.1) is 0 Å². The lowest BCUT2D eigenvalue weighted by atomic mass is 9.78. The molecule has 5 nitrogen and oxygen atoms in total. The first-order valence-electron chi connectivity index (χ1n) is 8.27. The summed E-state index contributed by atoms with van der Waals surface area (Å²) < 4.78 is 6.26. The number of phenols is 4. The Labute approximate surface area is 160 Å². The standard InChI is InChI=1S/C21H16O5S/c22-13-6-7-14(17(25)10-13)21(12-4-2-1-3-5-12)11-18(27)19-15(23)8-9-16(24)20(19)26-21/h1-10,22-25H,11H2. The number of fused-ring (bicyclic) bond motifs is 1. The Bertz CT molecular complexity index is 1050. The van der Waals surface area contributed by atoms with Gasteiger partial charge in [0.2, 0.25) is 0 Å². The predicted octanol–water partition coefficient (Wildman–Crippen LogP) is 3.95. The van der Waals surface area contributed by atoms with E-state index in [0.717, 1.165) is 0 Å². The van der Waals surface area contributed by atoms with Crippen LogP contribution in [0.15, 0.2) is 60.7 Å². The minimum Gasteiger partial charge on any atom is -0.508 e. The van der Waals surface area contributed by atoms with Crippen LogP contribution >= 0.6 is 12.2 Å². The summed E-state index contributed by atoms with van der Waals surface area (Å²) in [7, 11) is 0. The van der Waals surface area contributed by atoms with Crippen molar-refractivity contribution in [3.63, 3.8) is 0 Å². The largest absolute Gasteiger partial charge is 0.508 e. The molecule has 0 bridgehead atoms. The fraction of sp³-hybridized carbons (Fsp3) is 0.0952. The van der Waals surface area contributed by atoms with E-state index in [1.807, 2.05) is 30.3 Å². The highest BCUT2D eigenvalue weighted by molar-refractivity contribution is 7.80.